The van der Waals surface area contributed by atoms with E-state index in [4.69, 9.17) is 0 Å². The number of rotatable bonds is 5. The summed E-state index contributed by atoms with van der Waals surface area (Å²) in [6.07, 6.45) is 5.15. The third-order valence-corrected chi connectivity index (χ3v) is 4.00. The minimum absolute atomic E-state index is 0.0975. The lowest BCUT2D eigenvalue weighted by Crippen LogP contribution is -2.56. The first-order chi connectivity index (χ1) is 9.77. The van der Waals surface area contributed by atoms with Crippen LogP contribution >= 0.6 is 0 Å². The molecule has 1 saturated carbocycles. The first-order valence-corrected chi connectivity index (χ1v) is 7.68. The van der Waals surface area contributed by atoms with E-state index in [0.717, 1.165) is 25.7 Å². The number of carboxylic acids is 1. The lowest BCUT2D eigenvalue weighted by molar-refractivity contribution is -0.142. The number of hydrogen-bond donors (Lipinski definition) is 3. The number of carbonyl (C=O) groups is 2. The van der Waals surface area contributed by atoms with Gasteiger partial charge in [-0.25, -0.2) is 9.59 Å². The van der Waals surface area contributed by atoms with Crippen LogP contribution in [-0.2, 0) is 4.79 Å². The zero-order valence-corrected chi connectivity index (χ0v) is 13.3. The minimum atomic E-state index is -1.04. The van der Waals surface area contributed by atoms with Crippen LogP contribution in [0.4, 0.5) is 4.79 Å². The summed E-state index contributed by atoms with van der Waals surface area (Å²) in [5.74, 6) is -1.04. The van der Waals surface area contributed by atoms with Crippen molar-refractivity contribution >= 4 is 12.0 Å². The van der Waals surface area contributed by atoms with Crippen molar-refractivity contribution < 1.29 is 19.8 Å². The molecular formula is C15H28N2O4. The maximum Gasteiger partial charge on any atom is 0.326 e. The molecule has 0 saturated heterocycles. The lowest BCUT2D eigenvalue weighted by Gasteiger charge is -2.36. The van der Waals surface area contributed by atoms with Crippen LogP contribution in [0, 0.1) is 5.41 Å². The van der Waals surface area contributed by atoms with E-state index in [9.17, 15) is 19.8 Å². The van der Waals surface area contributed by atoms with Gasteiger partial charge in [0.15, 0.2) is 0 Å². The van der Waals surface area contributed by atoms with Gasteiger partial charge in [-0.1, -0.05) is 40.0 Å². The van der Waals surface area contributed by atoms with Crippen molar-refractivity contribution in [3.8, 4) is 0 Å². The highest BCUT2D eigenvalue weighted by atomic mass is 16.4. The predicted molar refractivity (Wildman–Crippen MR) is 80.1 cm³/mol. The molecule has 0 aromatic carbocycles. The van der Waals surface area contributed by atoms with Crippen molar-refractivity contribution in [2.45, 2.75) is 65.0 Å². The fourth-order valence-electron chi connectivity index (χ4n) is 2.81. The number of carboxylic acid groups (broad SMARTS) is 1. The Morgan fingerprint density at radius 3 is 2.24 bits per heavy atom. The van der Waals surface area contributed by atoms with Gasteiger partial charge in [0.05, 0.1) is 6.61 Å². The molecule has 0 unspecified atom stereocenters. The summed E-state index contributed by atoms with van der Waals surface area (Å²) in [6, 6.07) is -1.24. The van der Waals surface area contributed by atoms with E-state index in [1.54, 1.807) is 25.7 Å². The molecule has 0 spiro atoms. The molecule has 0 heterocycles. The zero-order chi connectivity index (χ0) is 16.0. The van der Waals surface area contributed by atoms with Crippen molar-refractivity contribution in [2.24, 2.45) is 5.41 Å². The van der Waals surface area contributed by atoms with Crippen molar-refractivity contribution in [1.29, 1.82) is 0 Å². The van der Waals surface area contributed by atoms with Crippen LogP contribution < -0.4 is 5.32 Å². The number of urea groups is 1. The number of aliphatic hydroxyl groups excluding tert-OH is 1. The van der Waals surface area contributed by atoms with Gasteiger partial charge < -0.3 is 20.4 Å². The van der Waals surface area contributed by atoms with Crippen LogP contribution in [0.25, 0.3) is 0 Å². The number of aliphatic carboxylic acids is 1. The first-order valence-electron chi connectivity index (χ1n) is 7.68. The Morgan fingerprint density at radius 2 is 1.81 bits per heavy atom. The maximum absolute atomic E-state index is 12.4. The Labute approximate surface area is 126 Å². The Hall–Kier alpha value is -1.30. The maximum atomic E-state index is 12.4. The van der Waals surface area contributed by atoms with E-state index in [-0.39, 0.29) is 19.2 Å². The molecule has 6 nitrogen and oxygen atoms in total. The number of carbonyl (C=O) groups excluding carboxylic acids is 1. The predicted octanol–water partition coefficient (Wildman–Crippen LogP) is 1.82. The molecule has 0 aliphatic heterocycles. The molecule has 0 aromatic rings. The van der Waals surface area contributed by atoms with Crippen LogP contribution in [0.2, 0.25) is 0 Å². The average Bonchev–Trinajstić information content (AvgIpc) is 2.41. The quantitative estimate of drug-likeness (QED) is 0.722. The van der Waals surface area contributed by atoms with Gasteiger partial charge in [0.25, 0.3) is 0 Å². The third-order valence-electron chi connectivity index (χ3n) is 4.00. The van der Waals surface area contributed by atoms with E-state index >= 15 is 0 Å². The summed E-state index contributed by atoms with van der Waals surface area (Å²) < 4.78 is 0. The largest absolute Gasteiger partial charge is 0.480 e. The Balaban J connectivity index is 2.77. The molecule has 1 aliphatic rings. The Bertz CT molecular complexity index is 359. The van der Waals surface area contributed by atoms with E-state index in [2.05, 4.69) is 5.32 Å². The molecule has 0 aromatic heterocycles. The second-order valence-corrected chi connectivity index (χ2v) is 6.80. The highest BCUT2D eigenvalue weighted by molar-refractivity contribution is 5.83. The molecule has 1 aliphatic carbocycles. The summed E-state index contributed by atoms with van der Waals surface area (Å²) in [5, 5.41) is 21.1. The smallest absolute Gasteiger partial charge is 0.326 e. The molecule has 6 heteroatoms. The summed E-state index contributed by atoms with van der Waals surface area (Å²) in [7, 11) is 0. The highest BCUT2D eigenvalue weighted by Gasteiger charge is 2.35. The SMILES string of the molecule is CC(C)(C)[C@@H](NC(=O)N(CCO)C1CCCCC1)C(=O)O. The number of aliphatic hydroxyl groups is 1. The van der Waals surface area contributed by atoms with Crippen molar-refractivity contribution in [3.63, 3.8) is 0 Å². The molecular weight excluding hydrogens is 272 g/mol. The standard InChI is InChI=1S/C15H28N2O4/c1-15(2,3)12(13(19)20)16-14(21)17(9-10-18)11-7-5-4-6-8-11/h11-12,18H,4-10H2,1-3H3,(H,16,21)(H,19,20)/t12-/m0/s1. The Morgan fingerprint density at radius 1 is 1.24 bits per heavy atom. The highest BCUT2D eigenvalue weighted by Crippen LogP contribution is 2.24. The van der Waals surface area contributed by atoms with Gasteiger partial charge >= 0.3 is 12.0 Å². The molecule has 1 fully saturated rings. The average molecular weight is 300 g/mol. The summed E-state index contributed by atoms with van der Waals surface area (Å²) in [6.45, 7) is 5.47. The summed E-state index contributed by atoms with van der Waals surface area (Å²) in [4.78, 5) is 25.4. The van der Waals surface area contributed by atoms with Crippen LogP contribution in [0.5, 0.6) is 0 Å². The monoisotopic (exact) mass is 300 g/mol. The number of hydrogen-bond acceptors (Lipinski definition) is 3. The van der Waals surface area contributed by atoms with Gasteiger partial charge in [-0.2, -0.15) is 0 Å². The number of nitrogens with zero attached hydrogens (tertiary/aromatic N) is 1. The fraction of sp³-hybridized carbons (Fsp3) is 0.867. The molecule has 21 heavy (non-hydrogen) atoms. The van der Waals surface area contributed by atoms with E-state index in [1.165, 1.54) is 6.42 Å². The van der Waals surface area contributed by atoms with E-state index in [1.807, 2.05) is 0 Å². The van der Waals surface area contributed by atoms with Crippen LogP contribution in [0.1, 0.15) is 52.9 Å². The van der Waals surface area contributed by atoms with Gasteiger partial charge in [0.2, 0.25) is 0 Å². The first kappa shape index (κ1) is 17.8. The summed E-state index contributed by atoms with van der Waals surface area (Å²) >= 11 is 0. The van der Waals surface area contributed by atoms with Crippen molar-refractivity contribution in [3.05, 3.63) is 0 Å². The molecule has 2 amide bonds. The van der Waals surface area contributed by atoms with Crippen LogP contribution in [-0.4, -0.2) is 52.3 Å². The molecule has 1 atom stereocenters. The molecule has 3 N–H and O–H groups in total. The van der Waals surface area contributed by atoms with Gasteiger partial charge in [-0.15, -0.1) is 0 Å². The van der Waals surface area contributed by atoms with Gasteiger partial charge in [0.1, 0.15) is 6.04 Å². The van der Waals surface area contributed by atoms with Gasteiger partial charge in [-0.05, 0) is 18.3 Å². The van der Waals surface area contributed by atoms with Gasteiger partial charge in [0, 0.05) is 12.6 Å². The second kappa shape index (κ2) is 7.64. The van der Waals surface area contributed by atoms with E-state index in [0.29, 0.717) is 0 Å². The van der Waals surface area contributed by atoms with Gasteiger partial charge in [-0.3, -0.25) is 0 Å². The second-order valence-electron chi connectivity index (χ2n) is 6.80. The lowest BCUT2D eigenvalue weighted by atomic mass is 9.87. The Kier molecular flexibility index (Phi) is 6.45. The molecule has 122 valence electrons. The summed E-state index contributed by atoms with van der Waals surface area (Å²) in [5.41, 5.74) is -0.570. The zero-order valence-electron chi connectivity index (χ0n) is 13.3. The fourth-order valence-corrected chi connectivity index (χ4v) is 2.81. The minimum Gasteiger partial charge on any atom is -0.480 e. The van der Waals surface area contributed by atoms with E-state index < -0.39 is 23.5 Å². The normalized spacial score (nSPS) is 18.1. The number of nitrogens with one attached hydrogen (secondary N) is 1. The van der Waals surface area contributed by atoms with Crippen molar-refractivity contribution in [2.75, 3.05) is 13.2 Å². The molecule has 1 rings (SSSR count). The van der Waals surface area contributed by atoms with Crippen LogP contribution in [0.3, 0.4) is 0 Å². The topological polar surface area (TPSA) is 89.9 Å². The number of amides is 2. The third kappa shape index (κ3) is 5.19. The van der Waals surface area contributed by atoms with Crippen LogP contribution in [0.15, 0.2) is 0 Å². The molecule has 0 bridgehead atoms. The van der Waals surface area contributed by atoms with Crippen molar-refractivity contribution in [1.82, 2.24) is 10.2 Å². The molecule has 0 radical (unpaired) electrons.